The van der Waals surface area contributed by atoms with Gasteiger partial charge in [-0.25, -0.2) is 0 Å². The Kier molecular flexibility index (Phi) is 5.22. The number of ketones is 1. The van der Waals surface area contributed by atoms with E-state index in [1.54, 1.807) is 36.4 Å². The Bertz CT molecular complexity index is 737. The predicted octanol–water partition coefficient (Wildman–Crippen LogP) is 4.83. The molecule has 1 aliphatic carbocycles. The van der Waals surface area contributed by atoms with Gasteiger partial charge < -0.3 is 5.32 Å². The van der Waals surface area contributed by atoms with Crippen LogP contribution in [0, 0.1) is 5.92 Å². The monoisotopic (exact) mass is 361 g/mol. The van der Waals surface area contributed by atoms with E-state index < -0.39 is 0 Å². The normalized spacial score (nSPS) is 14.9. The fraction of sp³-hybridized carbons (Fsp3) is 0.263. The van der Waals surface area contributed by atoms with Crippen molar-refractivity contribution < 1.29 is 9.59 Å². The van der Waals surface area contributed by atoms with Crippen molar-refractivity contribution in [3.8, 4) is 0 Å². The molecule has 1 amide bonds. The smallest absolute Gasteiger partial charge is 0.223 e. The summed E-state index contributed by atoms with van der Waals surface area (Å²) in [4.78, 5) is 24.7. The van der Waals surface area contributed by atoms with Crippen molar-refractivity contribution in [2.24, 2.45) is 5.92 Å². The van der Waals surface area contributed by atoms with Gasteiger partial charge in [-0.1, -0.05) is 35.3 Å². The minimum Gasteiger partial charge on any atom is -0.349 e. The summed E-state index contributed by atoms with van der Waals surface area (Å²) >= 11 is 11.8. The molecule has 1 N–H and O–H groups in total. The molecule has 0 aromatic heterocycles. The highest BCUT2D eigenvalue weighted by atomic mass is 35.5. The maximum atomic E-state index is 12.6. The summed E-state index contributed by atoms with van der Waals surface area (Å²) in [5.41, 5.74) is 1.45. The topological polar surface area (TPSA) is 46.2 Å². The van der Waals surface area contributed by atoms with E-state index in [9.17, 15) is 9.59 Å². The molecule has 5 heteroatoms. The Balaban J connectivity index is 1.77. The number of benzene rings is 2. The number of rotatable bonds is 6. The molecule has 0 radical (unpaired) electrons. The van der Waals surface area contributed by atoms with Crippen LogP contribution in [0.1, 0.15) is 41.2 Å². The Morgan fingerprint density at radius 1 is 0.958 bits per heavy atom. The van der Waals surface area contributed by atoms with Gasteiger partial charge in [0, 0.05) is 27.9 Å². The van der Waals surface area contributed by atoms with Gasteiger partial charge in [0.05, 0.1) is 6.04 Å². The van der Waals surface area contributed by atoms with Crippen LogP contribution in [0.4, 0.5) is 0 Å². The lowest BCUT2D eigenvalue weighted by atomic mass is 9.97. The molecular weight excluding hydrogens is 345 g/mol. The molecule has 0 bridgehead atoms. The van der Waals surface area contributed by atoms with E-state index in [1.165, 1.54) is 0 Å². The zero-order valence-corrected chi connectivity index (χ0v) is 14.5. The molecule has 0 spiro atoms. The molecule has 24 heavy (non-hydrogen) atoms. The van der Waals surface area contributed by atoms with Crippen molar-refractivity contribution in [1.29, 1.82) is 0 Å². The summed E-state index contributed by atoms with van der Waals surface area (Å²) in [5, 5.41) is 4.20. The van der Waals surface area contributed by atoms with Crippen LogP contribution in [0.2, 0.25) is 10.0 Å². The summed E-state index contributed by atoms with van der Waals surface area (Å²) in [5.74, 6) is 0.0620. The zero-order chi connectivity index (χ0) is 17.1. The fourth-order valence-electron chi connectivity index (χ4n) is 2.52. The average molecular weight is 362 g/mol. The first-order chi connectivity index (χ1) is 11.5. The van der Waals surface area contributed by atoms with Crippen LogP contribution in [0.15, 0.2) is 48.5 Å². The Labute approximate surface area is 151 Å². The SMILES string of the molecule is O=C(CC(NC(=O)C1CC1)c1ccc(Cl)cc1)c1ccc(Cl)cc1. The molecule has 1 atom stereocenters. The molecule has 0 saturated heterocycles. The van der Waals surface area contributed by atoms with Crippen LogP contribution < -0.4 is 5.32 Å². The fourth-order valence-corrected chi connectivity index (χ4v) is 2.77. The predicted molar refractivity (Wildman–Crippen MR) is 95.5 cm³/mol. The molecule has 0 heterocycles. The lowest BCUT2D eigenvalue weighted by molar-refractivity contribution is -0.123. The zero-order valence-electron chi connectivity index (χ0n) is 13.0. The number of carbonyl (C=O) groups is 2. The molecule has 3 nitrogen and oxygen atoms in total. The Morgan fingerprint density at radius 2 is 1.50 bits per heavy atom. The van der Waals surface area contributed by atoms with Gasteiger partial charge in [0.2, 0.25) is 5.91 Å². The van der Waals surface area contributed by atoms with Crippen molar-refractivity contribution in [3.05, 3.63) is 69.7 Å². The van der Waals surface area contributed by atoms with E-state index in [-0.39, 0.29) is 30.1 Å². The third-order valence-electron chi connectivity index (χ3n) is 4.09. The van der Waals surface area contributed by atoms with E-state index >= 15 is 0 Å². The first kappa shape index (κ1) is 17.0. The number of Topliss-reactive ketones (excluding diaryl/α,β-unsaturated/α-hetero) is 1. The lowest BCUT2D eigenvalue weighted by Crippen LogP contribution is -2.31. The Hall–Kier alpha value is -1.84. The number of hydrogen-bond donors (Lipinski definition) is 1. The number of halogens is 2. The molecule has 3 rings (SSSR count). The lowest BCUT2D eigenvalue weighted by Gasteiger charge is -2.19. The highest BCUT2D eigenvalue weighted by Crippen LogP contribution is 2.31. The molecule has 1 saturated carbocycles. The van der Waals surface area contributed by atoms with Crippen LogP contribution in [-0.2, 0) is 4.79 Å². The van der Waals surface area contributed by atoms with Gasteiger partial charge in [-0.05, 0) is 54.8 Å². The molecule has 2 aromatic carbocycles. The maximum Gasteiger partial charge on any atom is 0.223 e. The van der Waals surface area contributed by atoms with Crippen molar-refractivity contribution in [2.75, 3.05) is 0 Å². The minimum atomic E-state index is -0.362. The van der Waals surface area contributed by atoms with E-state index in [2.05, 4.69) is 5.32 Å². The van der Waals surface area contributed by atoms with Crippen molar-refractivity contribution in [1.82, 2.24) is 5.32 Å². The second-order valence-electron chi connectivity index (χ2n) is 6.02. The van der Waals surface area contributed by atoms with Gasteiger partial charge >= 0.3 is 0 Å². The van der Waals surface area contributed by atoms with E-state index in [0.29, 0.717) is 15.6 Å². The highest BCUT2D eigenvalue weighted by Gasteiger charge is 2.31. The summed E-state index contributed by atoms with van der Waals surface area (Å²) in [6.45, 7) is 0. The van der Waals surface area contributed by atoms with E-state index in [1.807, 2.05) is 12.1 Å². The van der Waals surface area contributed by atoms with E-state index in [4.69, 9.17) is 23.2 Å². The third-order valence-corrected chi connectivity index (χ3v) is 4.60. The van der Waals surface area contributed by atoms with Gasteiger partial charge in [-0.2, -0.15) is 0 Å². The van der Waals surface area contributed by atoms with Gasteiger partial charge in [0.1, 0.15) is 0 Å². The summed E-state index contributed by atoms with van der Waals surface area (Å²) < 4.78 is 0. The third kappa shape index (κ3) is 4.37. The molecule has 0 aliphatic heterocycles. The van der Waals surface area contributed by atoms with Crippen LogP contribution in [-0.4, -0.2) is 11.7 Å². The second kappa shape index (κ2) is 7.37. The summed E-state index contributed by atoms with van der Waals surface area (Å²) in [6.07, 6.45) is 2.04. The van der Waals surface area contributed by atoms with Crippen molar-refractivity contribution >= 4 is 34.9 Å². The number of carbonyl (C=O) groups excluding carboxylic acids is 2. The van der Waals surface area contributed by atoms with Gasteiger partial charge in [0.15, 0.2) is 5.78 Å². The largest absolute Gasteiger partial charge is 0.349 e. The number of hydrogen-bond acceptors (Lipinski definition) is 2. The first-order valence-electron chi connectivity index (χ1n) is 7.87. The molecule has 2 aromatic rings. The number of amides is 1. The molecule has 1 unspecified atom stereocenters. The second-order valence-corrected chi connectivity index (χ2v) is 6.89. The number of nitrogens with one attached hydrogen (secondary N) is 1. The highest BCUT2D eigenvalue weighted by molar-refractivity contribution is 6.30. The minimum absolute atomic E-state index is 0.0128. The first-order valence-corrected chi connectivity index (χ1v) is 8.63. The maximum absolute atomic E-state index is 12.6. The van der Waals surface area contributed by atoms with Gasteiger partial charge in [0.25, 0.3) is 0 Å². The van der Waals surface area contributed by atoms with Crippen molar-refractivity contribution in [3.63, 3.8) is 0 Å². The van der Waals surface area contributed by atoms with E-state index in [0.717, 1.165) is 18.4 Å². The van der Waals surface area contributed by atoms with Gasteiger partial charge in [-0.3, -0.25) is 9.59 Å². The van der Waals surface area contributed by atoms with Gasteiger partial charge in [-0.15, -0.1) is 0 Å². The summed E-state index contributed by atoms with van der Waals surface area (Å²) in [7, 11) is 0. The standard InChI is InChI=1S/C19H17Cl2NO2/c20-15-7-3-12(4-8-15)17(22-19(24)14-1-2-14)11-18(23)13-5-9-16(21)10-6-13/h3-10,14,17H,1-2,11H2,(H,22,24). The molecular formula is C19H17Cl2NO2. The summed E-state index contributed by atoms with van der Waals surface area (Å²) in [6, 6.07) is 13.6. The van der Waals surface area contributed by atoms with Crippen LogP contribution >= 0.6 is 23.2 Å². The van der Waals surface area contributed by atoms with Crippen LogP contribution in [0.3, 0.4) is 0 Å². The van der Waals surface area contributed by atoms with Crippen LogP contribution in [0.5, 0.6) is 0 Å². The Morgan fingerprint density at radius 3 is 2.04 bits per heavy atom. The quantitative estimate of drug-likeness (QED) is 0.748. The van der Waals surface area contributed by atoms with Crippen LogP contribution in [0.25, 0.3) is 0 Å². The molecule has 1 aliphatic rings. The van der Waals surface area contributed by atoms with Crippen molar-refractivity contribution in [2.45, 2.75) is 25.3 Å². The molecule has 124 valence electrons. The molecule has 1 fully saturated rings. The average Bonchev–Trinajstić information content (AvgIpc) is 3.40.